The lowest BCUT2D eigenvalue weighted by molar-refractivity contribution is -0.115. The maximum Gasteiger partial charge on any atom is 0.268 e. The number of nitrogens with zero attached hydrogens (tertiary/aromatic N) is 2. The summed E-state index contributed by atoms with van der Waals surface area (Å²) in [7, 11) is 0. The minimum atomic E-state index is -0.275. The van der Waals surface area contributed by atoms with Crippen LogP contribution in [0.15, 0.2) is 29.8 Å². The van der Waals surface area contributed by atoms with Crippen LogP contribution in [0.5, 0.6) is 0 Å². The highest BCUT2D eigenvalue weighted by atomic mass is 32.1. The van der Waals surface area contributed by atoms with Gasteiger partial charge in [-0.25, -0.2) is 0 Å². The molecule has 2 heterocycles. The molecule has 0 aliphatic carbocycles. The number of aromatic amines is 1. The lowest BCUT2D eigenvalue weighted by Crippen LogP contribution is -2.38. The third-order valence-corrected chi connectivity index (χ3v) is 5.33. The first-order chi connectivity index (χ1) is 12.0. The average Bonchev–Trinajstić information content (AvgIpc) is 3.20. The molecule has 1 fully saturated rings. The van der Waals surface area contributed by atoms with Crippen LogP contribution in [0.4, 0.5) is 5.69 Å². The second-order valence-electron chi connectivity index (χ2n) is 6.28. The summed E-state index contributed by atoms with van der Waals surface area (Å²) >= 11 is 6.66. The Hall–Kier alpha value is -2.01. The number of anilines is 1. The molecule has 1 saturated heterocycles. The van der Waals surface area contributed by atoms with Crippen LogP contribution < -0.4 is 4.90 Å². The van der Waals surface area contributed by atoms with Gasteiger partial charge in [-0.2, -0.15) is 5.26 Å². The third kappa shape index (κ3) is 3.82. The van der Waals surface area contributed by atoms with Gasteiger partial charge in [-0.15, -0.1) is 11.3 Å². The molecule has 1 aromatic carbocycles. The number of carbonyl (C=O) groups excluding carboxylic acids is 1. The molecule has 0 radical (unpaired) electrons. The Morgan fingerprint density at radius 3 is 3.00 bits per heavy atom. The smallest absolute Gasteiger partial charge is 0.268 e. The summed E-state index contributed by atoms with van der Waals surface area (Å²) in [6, 6.07) is 7.73. The number of nitrogens with one attached hydrogen (secondary N) is 1. The third-order valence-electron chi connectivity index (χ3n) is 4.14. The van der Waals surface area contributed by atoms with Gasteiger partial charge in [0.05, 0.1) is 16.8 Å². The lowest BCUT2D eigenvalue weighted by Gasteiger charge is -2.27. The molecule has 1 atom stereocenters. The number of ether oxygens (including phenoxy) is 1. The van der Waals surface area contributed by atoms with Gasteiger partial charge in [0.15, 0.2) is 3.95 Å². The van der Waals surface area contributed by atoms with Crippen molar-refractivity contribution in [3.8, 4) is 6.07 Å². The molecule has 2 aromatic rings. The number of carbonyl (C=O) groups is 1. The van der Waals surface area contributed by atoms with Gasteiger partial charge < -0.3 is 14.6 Å². The van der Waals surface area contributed by atoms with Crippen molar-refractivity contribution in [2.45, 2.75) is 26.3 Å². The minimum Gasteiger partial charge on any atom is -0.381 e. The molecule has 5 nitrogen and oxygen atoms in total. The summed E-state index contributed by atoms with van der Waals surface area (Å²) < 4.78 is 7.03. The van der Waals surface area contributed by atoms with E-state index >= 15 is 0 Å². The van der Waals surface area contributed by atoms with E-state index in [2.05, 4.69) is 11.1 Å². The number of benzene rings is 1. The second-order valence-corrected chi connectivity index (χ2v) is 8.00. The normalized spacial score (nSPS) is 17.8. The number of nitriles is 1. The number of fused-ring (bicyclic) bond motifs is 1. The standard InChI is InChI=1S/C18H19N3O2S2/c1-11(2)21(14-3-4-15-16(8-14)25-18(24)20-15)17(22)13(9-19)7-12-5-6-23-10-12/h3-4,7-8,11-12H,5-6,10H2,1-2H3,(H,20,24). The molecule has 0 saturated carbocycles. The maximum atomic E-state index is 13.0. The molecule has 3 rings (SSSR count). The fourth-order valence-corrected chi connectivity index (χ4v) is 4.09. The van der Waals surface area contributed by atoms with Crippen molar-refractivity contribution in [1.82, 2.24) is 4.98 Å². The number of hydrogen-bond donors (Lipinski definition) is 1. The van der Waals surface area contributed by atoms with Crippen LogP contribution in [0.3, 0.4) is 0 Å². The summed E-state index contributed by atoms with van der Waals surface area (Å²) in [5.41, 5.74) is 1.89. The fourth-order valence-electron chi connectivity index (χ4n) is 2.94. The van der Waals surface area contributed by atoms with E-state index in [-0.39, 0.29) is 23.4 Å². The molecule has 1 unspecified atom stereocenters. The van der Waals surface area contributed by atoms with Crippen molar-refractivity contribution in [2.24, 2.45) is 5.92 Å². The molecule has 1 aromatic heterocycles. The van der Waals surface area contributed by atoms with E-state index in [4.69, 9.17) is 17.0 Å². The van der Waals surface area contributed by atoms with Crippen LogP contribution in [0.1, 0.15) is 20.3 Å². The molecule has 1 aliphatic rings. The van der Waals surface area contributed by atoms with E-state index < -0.39 is 0 Å². The average molecular weight is 374 g/mol. The molecule has 7 heteroatoms. The highest BCUT2D eigenvalue weighted by molar-refractivity contribution is 7.73. The Morgan fingerprint density at radius 1 is 1.56 bits per heavy atom. The monoisotopic (exact) mass is 373 g/mol. The first kappa shape index (κ1) is 17.8. The van der Waals surface area contributed by atoms with E-state index in [0.29, 0.717) is 17.2 Å². The summed E-state index contributed by atoms with van der Waals surface area (Å²) in [6.07, 6.45) is 2.60. The van der Waals surface area contributed by atoms with Gasteiger partial charge in [0.2, 0.25) is 0 Å². The van der Waals surface area contributed by atoms with Crippen LogP contribution in [-0.2, 0) is 9.53 Å². The Bertz CT molecular complexity index is 914. The Labute approximate surface area is 155 Å². The number of rotatable bonds is 4. The maximum absolute atomic E-state index is 13.0. The van der Waals surface area contributed by atoms with Gasteiger partial charge in [0.1, 0.15) is 11.6 Å². The van der Waals surface area contributed by atoms with Crippen LogP contribution >= 0.6 is 23.6 Å². The van der Waals surface area contributed by atoms with E-state index in [9.17, 15) is 10.1 Å². The summed E-state index contributed by atoms with van der Waals surface area (Å²) in [5.74, 6) is -0.146. The van der Waals surface area contributed by atoms with E-state index in [1.807, 2.05) is 32.0 Å². The highest BCUT2D eigenvalue weighted by Crippen LogP contribution is 2.28. The summed E-state index contributed by atoms with van der Waals surface area (Å²) in [4.78, 5) is 17.8. The van der Waals surface area contributed by atoms with Gasteiger partial charge in [-0.1, -0.05) is 6.08 Å². The predicted molar refractivity (Wildman–Crippen MR) is 102 cm³/mol. The zero-order valence-corrected chi connectivity index (χ0v) is 15.7. The van der Waals surface area contributed by atoms with Crippen LogP contribution in [0.25, 0.3) is 10.2 Å². The SMILES string of the molecule is CC(C)N(C(=O)C(C#N)=CC1CCOC1)c1ccc2[nH]c(=S)sc2c1. The van der Waals surface area contributed by atoms with Crippen molar-refractivity contribution in [3.05, 3.63) is 33.8 Å². The molecule has 0 spiro atoms. The number of hydrogen-bond acceptors (Lipinski definition) is 5. The second kappa shape index (κ2) is 7.48. The lowest BCUT2D eigenvalue weighted by atomic mass is 10.0. The van der Waals surface area contributed by atoms with Crippen molar-refractivity contribution < 1.29 is 9.53 Å². The van der Waals surface area contributed by atoms with E-state index in [1.165, 1.54) is 11.3 Å². The first-order valence-corrected chi connectivity index (χ1v) is 9.38. The van der Waals surface area contributed by atoms with E-state index in [1.54, 1.807) is 11.0 Å². The van der Waals surface area contributed by atoms with Crippen LogP contribution in [0.2, 0.25) is 0 Å². The Kier molecular flexibility index (Phi) is 5.33. The van der Waals surface area contributed by atoms with Gasteiger partial charge in [0.25, 0.3) is 5.91 Å². The highest BCUT2D eigenvalue weighted by Gasteiger charge is 2.25. The Balaban J connectivity index is 1.97. The van der Waals surface area contributed by atoms with Crippen LogP contribution in [0, 0.1) is 21.2 Å². The molecule has 25 heavy (non-hydrogen) atoms. The topological polar surface area (TPSA) is 69.1 Å². The summed E-state index contributed by atoms with van der Waals surface area (Å²) in [6.45, 7) is 5.12. The quantitative estimate of drug-likeness (QED) is 0.496. The molecular formula is C18H19N3O2S2. The Morgan fingerprint density at radius 2 is 2.36 bits per heavy atom. The molecule has 0 bridgehead atoms. The summed E-state index contributed by atoms with van der Waals surface area (Å²) in [5, 5.41) is 9.49. The largest absolute Gasteiger partial charge is 0.381 e. The molecule has 130 valence electrons. The predicted octanol–water partition coefficient (Wildman–Crippen LogP) is 4.19. The number of aromatic nitrogens is 1. The van der Waals surface area contributed by atoms with Crippen LogP contribution in [-0.4, -0.2) is 30.1 Å². The van der Waals surface area contributed by atoms with E-state index in [0.717, 1.165) is 22.3 Å². The van der Waals surface area contributed by atoms with Crippen molar-refractivity contribution >= 4 is 45.4 Å². The minimum absolute atomic E-state index is 0.0755. The zero-order chi connectivity index (χ0) is 18.0. The first-order valence-electron chi connectivity index (χ1n) is 8.15. The molecule has 1 amide bonds. The zero-order valence-electron chi connectivity index (χ0n) is 14.1. The van der Waals surface area contributed by atoms with Crippen molar-refractivity contribution in [3.63, 3.8) is 0 Å². The van der Waals surface area contributed by atoms with Gasteiger partial charge in [-0.05, 0) is 50.7 Å². The number of amides is 1. The van der Waals surface area contributed by atoms with Crippen molar-refractivity contribution in [1.29, 1.82) is 5.26 Å². The van der Waals surface area contributed by atoms with Gasteiger partial charge in [0, 0.05) is 24.3 Å². The number of thiazole rings is 1. The fraction of sp³-hybridized carbons (Fsp3) is 0.389. The molecule has 1 aliphatic heterocycles. The molecule has 1 N–H and O–H groups in total. The van der Waals surface area contributed by atoms with Crippen molar-refractivity contribution in [2.75, 3.05) is 18.1 Å². The molecular weight excluding hydrogens is 354 g/mol. The van der Waals surface area contributed by atoms with Gasteiger partial charge >= 0.3 is 0 Å². The van der Waals surface area contributed by atoms with Gasteiger partial charge in [-0.3, -0.25) is 4.79 Å². The number of H-pyrrole nitrogens is 1.